The number of nitrogens with zero attached hydrogens (tertiary/aromatic N) is 5. The van der Waals surface area contributed by atoms with Crippen LogP contribution < -0.4 is 0 Å². The van der Waals surface area contributed by atoms with E-state index < -0.39 is 0 Å². The maximum Gasteiger partial charge on any atom is 0.246 e. The van der Waals surface area contributed by atoms with Gasteiger partial charge in [-0.3, -0.25) is 19.2 Å². The van der Waals surface area contributed by atoms with Crippen molar-refractivity contribution in [1.82, 2.24) is 24.5 Å². The van der Waals surface area contributed by atoms with Crippen LogP contribution >= 0.6 is 11.6 Å². The SMILES string of the molecule is CCCCn1nc(C)c(/C=C/C(=O)N2CCN(CC(=O)N3CCCCC3C)CC2)c1Cl. The molecular weight excluding hydrogens is 414 g/mol. The number of carbonyl (C=O) groups excluding carboxylic acids is 2. The quantitative estimate of drug-likeness (QED) is 0.600. The van der Waals surface area contributed by atoms with Gasteiger partial charge < -0.3 is 9.80 Å². The minimum absolute atomic E-state index is 0.0209. The number of hydrogen-bond donors (Lipinski definition) is 0. The molecule has 0 saturated carbocycles. The van der Waals surface area contributed by atoms with E-state index in [1.807, 2.05) is 21.4 Å². The Morgan fingerprint density at radius 1 is 1.16 bits per heavy atom. The normalized spacial score (nSPS) is 20.6. The standard InChI is InChI=1S/C23H36ClN5O2/c1-4-5-12-29-23(24)20(19(3)25-29)9-10-21(30)27-15-13-26(14-16-27)17-22(31)28-11-7-6-8-18(28)2/h9-10,18H,4-8,11-17H2,1-3H3/b10-9+. The molecule has 7 nitrogen and oxygen atoms in total. The van der Waals surface area contributed by atoms with Crippen LogP contribution in [0.4, 0.5) is 0 Å². The molecule has 2 amide bonds. The van der Waals surface area contributed by atoms with Crippen LogP contribution in [0.5, 0.6) is 0 Å². The number of carbonyl (C=O) groups is 2. The molecule has 172 valence electrons. The Morgan fingerprint density at radius 2 is 1.90 bits per heavy atom. The van der Waals surface area contributed by atoms with Crippen molar-refractivity contribution in [2.75, 3.05) is 39.3 Å². The number of amides is 2. The minimum Gasteiger partial charge on any atom is -0.339 e. The van der Waals surface area contributed by atoms with E-state index in [0.29, 0.717) is 30.8 Å². The van der Waals surface area contributed by atoms with Crippen LogP contribution in [0.1, 0.15) is 57.2 Å². The van der Waals surface area contributed by atoms with Crippen molar-refractivity contribution in [1.29, 1.82) is 0 Å². The first-order chi connectivity index (χ1) is 14.9. The van der Waals surface area contributed by atoms with E-state index in [2.05, 4.69) is 23.8 Å². The largest absolute Gasteiger partial charge is 0.339 e. The monoisotopic (exact) mass is 449 g/mol. The lowest BCUT2D eigenvalue weighted by molar-refractivity contribution is -0.136. The molecule has 2 fully saturated rings. The van der Waals surface area contributed by atoms with Gasteiger partial charge in [-0.15, -0.1) is 0 Å². The van der Waals surface area contributed by atoms with Gasteiger partial charge in [0.05, 0.1) is 12.2 Å². The lowest BCUT2D eigenvalue weighted by atomic mass is 10.0. The fourth-order valence-electron chi connectivity index (χ4n) is 4.35. The zero-order chi connectivity index (χ0) is 22.4. The minimum atomic E-state index is -0.0209. The van der Waals surface area contributed by atoms with Gasteiger partial charge in [-0.05, 0) is 45.6 Å². The highest BCUT2D eigenvalue weighted by molar-refractivity contribution is 6.31. The second kappa shape index (κ2) is 11.1. The number of piperidine rings is 1. The zero-order valence-electron chi connectivity index (χ0n) is 19.1. The van der Waals surface area contributed by atoms with E-state index in [1.165, 1.54) is 6.42 Å². The van der Waals surface area contributed by atoms with Crippen LogP contribution in [0, 0.1) is 6.92 Å². The highest BCUT2D eigenvalue weighted by atomic mass is 35.5. The van der Waals surface area contributed by atoms with Crippen molar-refractivity contribution in [2.45, 2.75) is 65.5 Å². The summed E-state index contributed by atoms with van der Waals surface area (Å²) in [6.07, 6.45) is 8.88. The predicted molar refractivity (Wildman–Crippen MR) is 124 cm³/mol. The Kier molecular flexibility index (Phi) is 8.55. The van der Waals surface area contributed by atoms with Crippen molar-refractivity contribution in [2.24, 2.45) is 0 Å². The third kappa shape index (κ3) is 6.10. The predicted octanol–water partition coefficient (Wildman–Crippen LogP) is 3.20. The number of likely N-dealkylation sites (tertiary alicyclic amines) is 1. The van der Waals surface area contributed by atoms with Crippen LogP contribution in [-0.2, 0) is 16.1 Å². The molecule has 2 aliphatic rings. The van der Waals surface area contributed by atoms with E-state index in [-0.39, 0.29) is 11.8 Å². The molecule has 3 rings (SSSR count). The highest BCUT2D eigenvalue weighted by Gasteiger charge is 2.27. The third-order valence-corrected chi connectivity index (χ3v) is 6.79. The maximum atomic E-state index is 12.7. The molecule has 0 radical (unpaired) electrons. The molecule has 1 atom stereocenters. The Balaban J connectivity index is 1.49. The number of halogens is 1. The van der Waals surface area contributed by atoms with Crippen molar-refractivity contribution in [3.8, 4) is 0 Å². The van der Waals surface area contributed by atoms with Gasteiger partial charge in [0.15, 0.2) is 0 Å². The average molecular weight is 450 g/mol. The fraction of sp³-hybridized carbons (Fsp3) is 0.696. The summed E-state index contributed by atoms with van der Waals surface area (Å²) in [5, 5.41) is 5.07. The number of unbranched alkanes of at least 4 members (excludes halogenated alkanes) is 1. The first-order valence-corrected chi connectivity index (χ1v) is 12.0. The summed E-state index contributed by atoms with van der Waals surface area (Å²) in [6.45, 7) is 11.0. The van der Waals surface area contributed by atoms with Crippen molar-refractivity contribution >= 4 is 29.5 Å². The molecular formula is C23H36ClN5O2. The summed E-state index contributed by atoms with van der Waals surface area (Å²) in [5.74, 6) is 0.199. The summed E-state index contributed by atoms with van der Waals surface area (Å²) >= 11 is 6.46. The molecule has 0 aromatic carbocycles. The molecule has 0 spiro atoms. The summed E-state index contributed by atoms with van der Waals surface area (Å²) in [4.78, 5) is 31.3. The second-order valence-electron chi connectivity index (χ2n) is 8.73. The van der Waals surface area contributed by atoms with E-state index in [1.54, 1.807) is 12.2 Å². The Labute approximate surface area is 191 Å². The summed E-state index contributed by atoms with van der Waals surface area (Å²) < 4.78 is 1.81. The molecule has 3 heterocycles. The van der Waals surface area contributed by atoms with Gasteiger partial charge in [-0.25, -0.2) is 0 Å². The molecule has 1 aromatic heterocycles. The smallest absolute Gasteiger partial charge is 0.246 e. The lowest BCUT2D eigenvalue weighted by Crippen LogP contribution is -2.52. The van der Waals surface area contributed by atoms with E-state index in [9.17, 15) is 9.59 Å². The van der Waals surface area contributed by atoms with Crippen molar-refractivity contribution in [3.63, 3.8) is 0 Å². The van der Waals surface area contributed by atoms with Crippen LogP contribution in [-0.4, -0.2) is 81.6 Å². The molecule has 0 N–H and O–H groups in total. The Hall–Kier alpha value is -1.86. The molecule has 0 aliphatic carbocycles. The van der Waals surface area contributed by atoms with Gasteiger partial charge >= 0.3 is 0 Å². The molecule has 2 saturated heterocycles. The second-order valence-corrected chi connectivity index (χ2v) is 9.09. The van der Waals surface area contributed by atoms with E-state index in [0.717, 1.165) is 63.1 Å². The Bertz CT molecular complexity index is 798. The molecule has 2 aliphatic heterocycles. The van der Waals surface area contributed by atoms with Gasteiger partial charge in [0.2, 0.25) is 11.8 Å². The molecule has 31 heavy (non-hydrogen) atoms. The number of aromatic nitrogens is 2. The number of rotatable bonds is 7. The zero-order valence-corrected chi connectivity index (χ0v) is 19.9. The topological polar surface area (TPSA) is 61.7 Å². The first-order valence-electron chi connectivity index (χ1n) is 11.6. The fourth-order valence-corrected chi connectivity index (χ4v) is 4.67. The summed E-state index contributed by atoms with van der Waals surface area (Å²) in [5.41, 5.74) is 1.64. The Morgan fingerprint density at radius 3 is 2.58 bits per heavy atom. The number of aryl methyl sites for hydroxylation is 2. The molecule has 8 heteroatoms. The summed E-state index contributed by atoms with van der Waals surface area (Å²) in [7, 11) is 0. The van der Waals surface area contributed by atoms with Gasteiger partial charge in [0.25, 0.3) is 0 Å². The van der Waals surface area contributed by atoms with Gasteiger partial charge in [-0.2, -0.15) is 5.10 Å². The van der Waals surface area contributed by atoms with Crippen molar-refractivity contribution in [3.05, 3.63) is 22.5 Å². The first kappa shape index (κ1) is 23.8. The van der Waals surface area contributed by atoms with E-state index >= 15 is 0 Å². The van der Waals surface area contributed by atoms with Crippen LogP contribution in [0.15, 0.2) is 6.08 Å². The lowest BCUT2D eigenvalue weighted by Gasteiger charge is -2.37. The van der Waals surface area contributed by atoms with Crippen LogP contribution in [0.3, 0.4) is 0 Å². The van der Waals surface area contributed by atoms with Crippen LogP contribution in [0.25, 0.3) is 6.08 Å². The third-order valence-electron chi connectivity index (χ3n) is 6.39. The number of hydrogen-bond acceptors (Lipinski definition) is 4. The molecule has 0 bridgehead atoms. The summed E-state index contributed by atoms with van der Waals surface area (Å²) in [6, 6.07) is 0.343. The average Bonchev–Trinajstić information content (AvgIpc) is 3.03. The maximum absolute atomic E-state index is 12.7. The highest BCUT2D eigenvalue weighted by Crippen LogP contribution is 2.22. The van der Waals surface area contributed by atoms with E-state index in [4.69, 9.17) is 11.6 Å². The number of piperazine rings is 1. The van der Waals surface area contributed by atoms with Crippen LogP contribution in [0.2, 0.25) is 5.15 Å². The van der Waals surface area contributed by atoms with Gasteiger partial charge in [0.1, 0.15) is 5.15 Å². The molecule has 1 aromatic rings. The van der Waals surface area contributed by atoms with Gasteiger partial charge in [-0.1, -0.05) is 24.9 Å². The van der Waals surface area contributed by atoms with Gasteiger partial charge in [0, 0.05) is 56.9 Å². The molecule has 1 unspecified atom stereocenters. The van der Waals surface area contributed by atoms with Crippen molar-refractivity contribution < 1.29 is 9.59 Å².